The highest BCUT2D eigenvalue weighted by molar-refractivity contribution is 6.02. The largest absolute Gasteiger partial charge is 0.462 e. The van der Waals surface area contributed by atoms with Crippen LogP contribution >= 0.6 is 0 Å². The van der Waals surface area contributed by atoms with Crippen LogP contribution in [0.5, 0.6) is 0 Å². The molecule has 19 heavy (non-hydrogen) atoms. The highest BCUT2D eigenvalue weighted by Crippen LogP contribution is 2.15. The molecule has 2 rings (SSSR count). The summed E-state index contributed by atoms with van der Waals surface area (Å²) in [5.41, 5.74) is -0.449. The van der Waals surface area contributed by atoms with Gasteiger partial charge in [-0.05, 0) is 6.92 Å². The van der Waals surface area contributed by atoms with Crippen LogP contribution in [0.2, 0.25) is 0 Å². The fraction of sp³-hybridized carbons (Fsp3) is 0.364. The molecule has 0 aliphatic carbocycles. The van der Waals surface area contributed by atoms with Gasteiger partial charge in [0, 0.05) is 12.3 Å². The van der Waals surface area contributed by atoms with Crippen molar-refractivity contribution in [1.29, 1.82) is 0 Å². The van der Waals surface area contributed by atoms with Gasteiger partial charge in [0.25, 0.3) is 6.43 Å². The molecule has 0 amide bonds. The SMILES string of the molecule is CCOC(=O)c1cc(=O)[nH]c2nn(CC(F)F)cc12. The monoisotopic (exact) mass is 271 g/mol. The Bertz CT molecular complexity index is 663. The van der Waals surface area contributed by atoms with Gasteiger partial charge in [-0.2, -0.15) is 5.10 Å². The maximum Gasteiger partial charge on any atom is 0.339 e. The number of hydrogen-bond acceptors (Lipinski definition) is 4. The zero-order chi connectivity index (χ0) is 14.0. The summed E-state index contributed by atoms with van der Waals surface area (Å²) in [5.74, 6) is -0.685. The average molecular weight is 271 g/mol. The molecule has 0 aliphatic heterocycles. The quantitative estimate of drug-likeness (QED) is 0.847. The smallest absolute Gasteiger partial charge is 0.339 e. The number of halogens is 2. The molecule has 2 aromatic heterocycles. The van der Waals surface area contributed by atoms with E-state index in [1.807, 2.05) is 0 Å². The molecule has 1 N–H and O–H groups in total. The zero-order valence-corrected chi connectivity index (χ0v) is 10.0. The fourth-order valence-electron chi connectivity index (χ4n) is 1.69. The molecule has 102 valence electrons. The first-order chi connectivity index (χ1) is 9.01. The molecule has 0 spiro atoms. The molecule has 0 aliphatic rings. The Balaban J connectivity index is 2.53. The molecule has 0 fully saturated rings. The summed E-state index contributed by atoms with van der Waals surface area (Å²) in [6.45, 7) is 1.17. The maximum atomic E-state index is 12.3. The van der Waals surface area contributed by atoms with Crippen LogP contribution in [-0.4, -0.2) is 33.8 Å². The number of H-pyrrole nitrogens is 1. The van der Waals surface area contributed by atoms with Crippen LogP contribution in [0.3, 0.4) is 0 Å². The number of carbonyl (C=O) groups is 1. The minimum atomic E-state index is -2.58. The lowest BCUT2D eigenvalue weighted by Crippen LogP contribution is -2.12. The van der Waals surface area contributed by atoms with Crippen LogP contribution in [0.4, 0.5) is 8.78 Å². The lowest BCUT2D eigenvalue weighted by atomic mass is 10.2. The molecule has 0 radical (unpaired) electrons. The van der Waals surface area contributed by atoms with Crippen molar-refractivity contribution < 1.29 is 18.3 Å². The minimum absolute atomic E-state index is 0.0149. The predicted octanol–water partition coefficient (Wildman–Crippen LogP) is 1.17. The second-order valence-electron chi connectivity index (χ2n) is 3.77. The molecular formula is C11H11F2N3O3. The first-order valence-corrected chi connectivity index (χ1v) is 5.57. The summed E-state index contributed by atoms with van der Waals surface area (Å²) in [6.07, 6.45) is -1.30. The van der Waals surface area contributed by atoms with Crippen molar-refractivity contribution in [3.8, 4) is 0 Å². The fourth-order valence-corrected chi connectivity index (χ4v) is 1.69. The van der Waals surface area contributed by atoms with Gasteiger partial charge in [-0.3, -0.25) is 9.48 Å². The molecule has 2 aromatic rings. The number of pyridine rings is 1. The topological polar surface area (TPSA) is 77.0 Å². The Morgan fingerprint density at radius 2 is 2.32 bits per heavy atom. The highest BCUT2D eigenvalue weighted by atomic mass is 19.3. The van der Waals surface area contributed by atoms with E-state index in [1.165, 1.54) is 6.20 Å². The van der Waals surface area contributed by atoms with E-state index >= 15 is 0 Å². The number of aromatic amines is 1. The van der Waals surface area contributed by atoms with Gasteiger partial charge in [0.2, 0.25) is 5.56 Å². The van der Waals surface area contributed by atoms with Gasteiger partial charge < -0.3 is 9.72 Å². The lowest BCUT2D eigenvalue weighted by molar-refractivity contribution is 0.0528. The number of fused-ring (bicyclic) bond motifs is 1. The Hall–Kier alpha value is -2.25. The molecule has 0 atom stereocenters. The van der Waals surface area contributed by atoms with E-state index in [0.29, 0.717) is 0 Å². The van der Waals surface area contributed by atoms with Crippen LogP contribution in [0.1, 0.15) is 17.3 Å². The van der Waals surface area contributed by atoms with Gasteiger partial charge >= 0.3 is 5.97 Å². The van der Waals surface area contributed by atoms with E-state index in [9.17, 15) is 18.4 Å². The van der Waals surface area contributed by atoms with Gasteiger partial charge in [-0.1, -0.05) is 0 Å². The van der Waals surface area contributed by atoms with Crippen molar-refractivity contribution in [2.45, 2.75) is 19.9 Å². The van der Waals surface area contributed by atoms with Crippen molar-refractivity contribution >= 4 is 17.0 Å². The van der Waals surface area contributed by atoms with E-state index in [2.05, 4.69) is 10.1 Å². The lowest BCUT2D eigenvalue weighted by Gasteiger charge is -2.01. The van der Waals surface area contributed by atoms with Crippen LogP contribution in [-0.2, 0) is 11.3 Å². The third-order valence-electron chi connectivity index (χ3n) is 2.39. The molecule has 0 saturated heterocycles. The first kappa shape index (κ1) is 13.2. The number of rotatable bonds is 4. The standard InChI is InChI=1S/C11H11F2N3O3/c1-2-19-11(18)6-3-9(17)14-10-7(6)4-16(15-10)5-8(12)13/h3-4,8H,2,5H2,1H3,(H,14,15,17). The Kier molecular flexibility index (Phi) is 3.59. The van der Waals surface area contributed by atoms with Crippen LogP contribution in [0.25, 0.3) is 11.0 Å². The van der Waals surface area contributed by atoms with E-state index < -0.39 is 24.5 Å². The third kappa shape index (κ3) is 2.78. The number of esters is 1. The molecule has 2 heterocycles. The molecule has 8 heteroatoms. The van der Waals surface area contributed by atoms with E-state index in [-0.39, 0.29) is 23.2 Å². The summed E-state index contributed by atoms with van der Waals surface area (Å²) in [5, 5.41) is 4.07. The summed E-state index contributed by atoms with van der Waals surface area (Å²) < 4.78 is 30.4. The average Bonchev–Trinajstić information content (AvgIpc) is 2.69. The molecule has 0 aromatic carbocycles. The van der Waals surface area contributed by atoms with Crippen molar-refractivity contribution in [2.75, 3.05) is 6.61 Å². The number of aromatic nitrogens is 3. The van der Waals surface area contributed by atoms with Gasteiger partial charge in [0.15, 0.2) is 5.65 Å². The number of ether oxygens (including phenoxy) is 1. The number of nitrogens with one attached hydrogen (secondary N) is 1. The molecule has 0 saturated carbocycles. The first-order valence-electron chi connectivity index (χ1n) is 5.57. The summed E-state index contributed by atoms with van der Waals surface area (Å²) in [6, 6.07) is 1.06. The summed E-state index contributed by atoms with van der Waals surface area (Å²) in [4.78, 5) is 25.4. The molecule has 0 unspecified atom stereocenters. The van der Waals surface area contributed by atoms with E-state index in [4.69, 9.17) is 4.74 Å². The second-order valence-corrected chi connectivity index (χ2v) is 3.77. The van der Waals surface area contributed by atoms with Crippen molar-refractivity contribution in [3.63, 3.8) is 0 Å². The Morgan fingerprint density at radius 1 is 1.58 bits per heavy atom. The summed E-state index contributed by atoms with van der Waals surface area (Å²) in [7, 11) is 0. The van der Waals surface area contributed by atoms with Crippen LogP contribution in [0.15, 0.2) is 17.1 Å². The van der Waals surface area contributed by atoms with Crippen molar-refractivity contribution in [3.05, 3.63) is 28.2 Å². The van der Waals surface area contributed by atoms with Gasteiger partial charge in [0.05, 0.1) is 17.6 Å². The van der Waals surface area contributed by atoms with Gasteiger partial charge in [0.1, 0.15) is 6.54 Å². The highest BCUT2D eigenvalue weighted by Gasteiger charge is 2.16. The van der Waals surface area contributed by atoms with Crippen LogP contribution < -0.4 is 5.56 Å². The number of hydrogen-bond donors (Lipinski definition) is 1. The van der Waals surface area contributed by atoms with Gasteiger partial charge in [-0.15, -0.1) is 0 Å². The Labute approximate surface area is 106 Å². The molecular weight excluding hydrogens is 260 g/mol. The van der Waals surface area contributed by atoms with Crippen molar-refractivity contribution in [1.82, 2.24) is 14.8 Å². The normalized spacial score (nSPS) is 11.2. The van der Waals surface area contributed by atoms with Gasteiger partial charge in [-0.25, -0.2) is 13.6 Å². The third-order valence-corrected chi connectivity index (χ3v) is 2.39. The van der Waals surface area contributed by atoms with E-state index in [0.717, 1.165) is 10.7 Å². The number of carbonyl (C=O) groups excluding carboxylic acids is 1. The molecule has 6 nitrogen and oxygen atoms in total. The predicted molar refractivity (Wildman–Crippen MR) is 62.3 cm³/mol. The van der Waals surface area contributed by atoms with Crippen molar-refractivity contribution in [2.24, 2.45) is 0 Å². The number of alkyl halides is 2. The number of nitrogens with zero attached hydrogens (tertiary/aromatic N) is 2. The van der Waals surface area contributed by atoms with Crippen LogP contribution in [0, 0.1) is 0 Å². The minimum Gasteiger partial charge on any atom is -0.462 e. The maximum absolute atomic E-state index is 12.3. The Morgan fingerprint density at radius 3 is 2.95 bits per heavy atom. The second kappa shape index (κ2) is 5.17. The van der Waals surface area contributed by atoms with E-state index in [1.54, 1.807) is 6.92 Å². The molecule has 0 bridgehead atoms. The summed E-state index contributed by atoms with van der Waals surface area (Å²) >= 11 is 0. The zero-order valence-electron chi connectivity index (χ0n) is 10.0.